The van der Waals surface area contributed by atoms with Crippen molar-refractivity contribution in [1.29, 1.82) is 0 Å². The van der Waals surface area contributed by atoms with Crippen molar-refractivity contribution in [3.05, 3.63) is 125 Å². The molecule has 4 aromatic carbocycles. The van der Waals surface area contributed by atoms with E-state index in [1.54, 1.807) is 0 Å². The Morgan fingerprint density at radius 3 is 1.57 bits per heavy atom. The molecule has 0 fully saturated rings. The van der Waals surface area contributed by atoms with E-state index in [1.165, 1.54) is 55.6 Å². The molecule has 0 N–H and O–H groups in total. The predicted molar refractivity (Wildman–Crippen MR) is 189 cm³/mol. The number of halogens is 2. The summed E-state index contributed by atoms with van der Waals surface area (Å²) in [7, 11) is 6.42. The number of fused-ring (bicyclic) bond motifs is 6. The van der Waals surface area contributed by atoms with Crippen molar-refractivity contribution in [1.82, 2.24) is 0 Å². The number of rotatable bonds is 10. The Bertz CT molecular complexity index is 1490. The van der Waals surface area contributed by atoms with Crippen LogP contribution in [0.3, 0.4) is 0 Å². The van der Waals surface area contributed by atoms with Crippen LogP contribution in [-0.2, 0) is 48.0 Å². The Kier molecular flexibility index (Phi) is 11.0. The van der Waals surface area contributed by atoms with E-state index in [1.807, 2.05) is 0 Å². The van der Waals surface area contributed by atoms with Crippen molar-refractivity contribution >= 4 is 33.7 Å². The van der Waals surface area contributed by atoms with Gasteiger partial charge >= 0.3 is 37.9 Å². The fourth-order valence-corrected chi connectivity index (χ4v) is 8.21. The van der Waals surface area contributed by atoms with Crippen LogP contribution < -0.4 is 0 Å². The molecular formula is C37H43Cl2O2Si2Zr-. The average molecular weight is 738 g/mol. The third kappa shape index (κ3) is 7.46. The molecule has 2 nitrogen and oxygen atoms in total. The molecule has 2 aliphatic rings. The van der Waals surface area contributed by atoms with E-state index < -0.39 is 37.5 Å². The SMILES string of the molecule is C[Si](C)(C)O[CH-]CC(CCO[Si](C)(C)C)(c1cccc2c1Cc1ccccc1-2)c1cccc2c1Cc1ccccc1-2.[Cl][Zr][Cl]. The van der Waals surface area contributed by atoms with Gasteiger partial charge in [-0.25, -0.2) is 6.61 Å². The summed E-state index contributed by atoms with van der Waals surface area (Å²) >= 11 is -0.826. The minimum atomic E-state index is -1.74. The second-order valence-electron chi connectivity index (χ2n) is 13.8. The van der Waals surface area contributed by atoms with Gasteiger partial charge in [-0.1, -0.05) is 84.9 Å². The van der Waals surface area contributed by atoms with E-state index in [2.05, 4.69) is 131 Å². The van der Waals surface area contributed by atoms with E-state index in [-0.39, 0.29) is 5.41 Å². The molecule has 2 aliphatic carbocycles. The molecule has 0 amide bonds. The summed E-state index contributed by atoms with van der Waals surface area (Å²) in [4.78, 5) is 0. The molecule has 0 unspecified atom stereocenters. The van der Waals surface area contributed by atoms with Gasteiger partial charge in [0.05, 0.1) is 0 Å². The zero-order valence-corrected chi connectivity index (χ0v) is 32.7. The minimum absolute atomic E-state index is 0.264. The van der Waals surface area contributed by atoms with E-state index in [0.29, 0.717) is 0 Å². The molecule has 0 atom stereocenters. The monoisotopic (exact) mass is 735 g/mol. The first-order valence-corrected chi connectivity index (χ1v) is 28.6. The summed E-state index contributed by atoms with van der Waals surface area (Å²) in [6.07, 6.45) is 3.69. The Morgan fingerprint density at radius 1 is 0.659 bits per heavy atom. The zero-order chi connectivity index (χ0) is 31.5. The molecule has 0 saturated heterocycles. The van der Waals surface area contributed by atoms with Gasteiger partial charge in [-0.15, -0.1) is 6.42 Å². The van der Waals surface area contributed by atoms with Crippen LogP contribution in [0.4, 0.5) is 0 Å². The fraction of sp³-hybridized carbons (Fsp3) is 0.324. The first-order valence-electron chi connectivity index (χ1n) is 15.5. The molecule has 230 valence electrons. The molecule has 0 spiro atoms. The van der Waals surface area contributed by atoms with Crippen LogP contribution in [0.5, 0.6) is 0 Å². The maximum atomic E-state index is 6.63. The average Bonchev–Trinajstić information content (AvgIpc) is 3.54. The van der Waals surface area contributed by atoms with Crippen LogP contribution in [0.15, 0.2) is 84.9 Å². The number of hydrogen-bond acceptors (Lipinski definition) is 2. The molecule has 0 aromatic heterocycles. The maximum absolute atomic E-state index is 6.63. The van der Waals surface area contributed by atoms with Crippen LogP contribution in [0.25, 0.3) is 22.3 Å². The Balaban J connectivity index is 0.00000123. The first kappa shape index (κ1) is 34.0. The van der Waals surface area contributed by atoms with Crippen LogP contribution in [0, 0.1) is 6.61 Å². The second kappa shape index (κ2) is 14.2. The molecule has 7 heteroatoms. The third-order valence-corrected chi connectivity index (χ3v) is 10.6. The van der Waals surface area contributed by atoms with Crippen LogP contribution in [0.2, 0.25) is 39.3 Å². The van der Waals surface area contributed by atoms with Gasteiger partial charge in [0, 0.05) is 6.61 Å². The molecular weight excluding hydrogens is 695 g/mol. The Labute approximate surface area is 285 Å². The van der Waals surface area contributed by atoms with Crippen molar-refractivity contribution < 1.29 is 29.7 Å². The van der Waals surface area contributed by atoms with Gasteiger partial charge in [0.15, 0.2) is 8.32 Å². The standard InChI is InChI=1S/C37H43O2Si2.2ClH.Zr/c1-40(2,3)38-23-21-37(22-24-39-41(4,5)6,35-19-11-17-31-29-15-9-7-13-27(29)25-33(31)35)36-20-12-18-32-30-16-10-8-14-28(30)26-34(32)36;;;/h7-20,23H,21-22,24-26H2,1-6H3;2*1H;/q-1;;;+2/p-2. The molecule has 44 heavy (non-hydrogen) atoms. The summed E-state index contributed by atoms with van der Waals surface area (Å²) < 4.78 is 13.1. The van der Waals surface area contributed by atoms with E-state index in [4.69, 9.17) is 25.9 Å². The van der Waals surface area contributed by atoms with E-state index in [0.717, 1.165) is 32.3 Å². The van der Waals surface area contributed by atoms with Gasteiger partial charge < -0.3 is 8.85 Å². The van der Waals surface area contributed by atoms with Gasteiger partial charge in [0.25, 0.3) is 0 Å². The fourth-order valence-electron chi connectivity index (χ4n) is 6.91. The Morgan fingerprint density at radius 2 is 1.11 bits per heavy atom. The van der Waals surface area contributed by atoms with Crippen molar-refractivity contribution in [2.24, 2.45) is 0 Å². The van der Waals surface area contributed by atoms with Crippen LogP contribution in [-0.4, -0.2) is 23.2 Å². The molecule has 0 aliphatic heterocycles. The summed E-state index contributed by atoms with van der Waals surface area (Å²) in [6, 6.07) is 31.9. The van der Waals surface area contributed by atoms with Crippen LogP contribution >= 0.6 is 17.0 Å². The second-order valence-corrected chi connectivity index (χ2v) is 26.5. The van der Waals surface area contributed by atoms with E-state index in [9.17, 15) is 0 Å². The number of benzene rings is 4. The zero-order valence-electron chi connectivity index (χ0n) is 26.8. The van der Waals surface area contributed by atoms with Crippen molar-refractivity contribution in [3.8, 4) is 22.3 Å². The molecule has 0 radical (unpaired) electrons. The molecule has 0 heterocycles. The number of hydrogen-bond donors (Lipinski definition) is 0. The molecule has 0 bridgehead atoms. The quantitative estimate of drug-likeness (QED) is 0.103. The van der Waals surface area contributed by atoms with Crippen molar-refractivity contribution in [3.63, 3.8) is 0 Å². The van der Waals surface area contributed by atoms with Gasteiger partial charge in [-0.2, -0.15) is 0 Å². The van der Waals surface area contributed by atoms with Gasteiger partial charge in [0.2, 0.25) is 0 Å². The van der Waals surface area contributed by atoms with Crippen molar-refractivity contribution in [2.45, 2.75) is 70.4 Å². The Hall–Kier alpha value is -1.30. The molecule has 6 rings (SSSR count). The summed E-state index contributed by atoms with van der Waals surface area (Å²) in [5.41, 5.74) is 13.9. The normalized spacial score (nSPS) is 13.4. The topological polar surface area (TPSA) is 18.5 Å². The summed E-state index contributed by atoms with van der Waals surface area (Å²) in [5, 5.41) is 0. The van der Waals surface area contributed by atoms with Gasteiger partial charge in [-0.05, 0) is 120 Å². The van der Waals surface area contributed by atoms with Crippen LogP contribution in [0.1, 0.15) is 46.2 Å². The summed E-state index contributed by atoms with van der Waals surface area (Å²) in [5.74, 6) is 0. The van der Waals surface area contributed by atoms with E-state index >= 15 is 0 Å². The van der Waals surface area contributed by atoms with Gasteiger partial charge in [-0.3, -0.25) is 0 Å². The van der Waals surface area contributed by atoms with Gasteiger partial charge in [0.1, 0.15) is 8.32 Å². The third-order valence-electron chi connectivity index (χ3n) is 8.67. The first-order chi connectivity index (χ1) is 21.0. The molecule has 4 aromatic rings. The van der Waals surface area contributed by atoms with Crippen molar-refractivity contribution in [2.75, 3.05) is 6.61 Å². The molecule has 0 saturated carbocycles. The predicted octanol–water partition coefficient (Wildman–Crippen LogP) is 11.1. The summed E-state index contributed by atoms with van der Waals surface area (Å²) in [6.45, 7) is 16.6.